The predicted octanol–water partition coefficient (Wildman–Crippen LogP) is 2.71. The number of nitrogens with zero attached hydrogens (tertiary/aromatic N) is 1. The van der Waals surface area contributed by atoms with Crippen LogP contribution in [0.1, 0.15) is 18.2 Å². The fraction of sp³-hybridized carbons (Fsp3) is 0.389. The van der Waals surface area contributed by atoms with E-state index in [1.807, 2.05) is 19.1 Å². The number of nitrogens with one attached hydrogen (secondary N) is 2. The summed E-state index contributed by atoms with van der Waals surface area (Å²) in [6.45, 7) is 4.05. The van der Waals surface area contributed by atoms with Crippen LogP contribution in [0, 0.1) is 0 Å². The van der Waals surface area contributed by atoms with Crippen molar-refractivity contribution in [2.24, 2.45) is 4.99 Å². The molecule has 0 unspecified atom stereocenters. The third-order valence-electron chi connectivity index (χ3n) is 3.53. The van der Waals surface area contributed by atoms with Crippen molar-refractivity contribution < 1.29 is 8.42 Å². The van der Waals surface area contributed by atoms with Crippen molar-refractivity contribution in [2.75, 3.05) is 25.4 Å². The lowest BCUT2D eigenvalue weighted by molar-refractivity contribution is 0.593. The van der Waals surface area contributed by atoms with Crippen LogP contribution in [0.15, 0.2) is 57.7 Å². The molecule has 2 rings (SSSR count). The summed E-state index contributed by atoms with van der Waals surface area (Å²) in [5, 5.41) is 8.54. The van der Waals surface area contributed by atoms with E-state index in [1.165, 1.54) is 4.88 Å². The average Bonchev–Trinajstić information content (AvgIpc) is 3.13. The molecule has 0 bridgehead atoms. The van der Waals surface area contributed by atoms with Crippen molar-refractivity contribution >= 4 is 27.1 Å². The van der Waals surface area contributed by atoms with Gasteiger partial charge in [0.2, 0.25) is 0 Å². The summed E-state index contributed by atoms with van der Waals surface area (Å²) in [4.78, 5) is 6.17. The molecule has 1 aromatic heterocycles. The van der Waals surface area contributed by atoms with Gasteiger partial charge in [0.25, 0.3) is 0 Å². The molecule has 0 spiro atoms. The zero-order chi connectivity index (χ0) is 18.0. The molecule has 0 aliphatic rings. The highest BCUT2D eigenvalue weighted by molar-refractivity contribution is 7.91. The SMILES string of the molecule is CCNC(=NCCCS(=O)(=O)c1ccccc1)NCCc1cccs1. The van der Waals surface area contributed by atoms with Gasteiger partial charge in [0.1, 0.15) is 0 Å². The maximum atomic E-state index is 12.2. The Morgan fingerprint density at radius 3 is 2.60 bits per heavy atom. The van der Waals surface area contributed by atoms with E-state index in [-0.39, 0.29) is 5.75 Å². The van der Waals surface area contributed by atoms with Crippen LogP contribution in [-0.2, 0) is 16.3 Å². The Morgan fingerprint density at radius 1 is 1.12 bits per heavy atom. The number of guanidine groups is 1. The molecule has 0 aliphatic carbocycles. The predicted molar refractivity (Wildman–Crippen MR) is 105 cm³/mol. The highest BCUT2D eigenvalue weighted by Crippen LogP contribution is 2.11. The van der Waals surface area contributed by atoms with Crippen molar-refractivity contribution in [3.63, 3.8) is 0 Å². The zero-order valence-electron chi connectivity index (χ0n) is 14.4. The molecule has 0 amide bonds. The second kappa shape index (κ2) is 10.2. The number of hydrogen-bond acceptors (Lipinski definition) is 4. The second-order valence-electron chi connectivity index (χ2n) is 5.50. The van der Waals surface area contributed by atoms with Gasteiger partial charge >= 0.3 is 0 Å². The van der Waals surface area contributed by atoms with Gasteiger partial charge in [0, 0.05) is 24.5 Å². The minimum absolute atomic E-state index is 0.106. The molecule has 5 nitrogen and oxygen atoms in total. The van der Waals surface area contributed by atoms with Crippen molar-refractivity contribution in [3.05, 3.63) is 52.7 Å². The van der Waals surface area contributed by atoms with Crippen LogP contribution in [0.4, 0.5) is 0 Å². The fourth-order valence-electron chi connectivity index (χ4n) is 2.29. The smallest absolute Gasteiger partial charge is 0.191 e. The van der Waals surface area contributed by atoms with Crippen LogP contribution in [-0.4, -0.2) is 39.8 Å². The van der Waals surface area contributed by atoms with Crippen molar-refractivity contribution in [2.45, 2.75) is 24.7 Å². The van der Waals surface area contributed by atoms with Gasteiger partial charge < -0.3 is 10.6 Å². The molecular formula is C18H25N3O2S2. The summed E-state index contributed by atoms with van der Waals surface area (Å²) in [7, 11) is -3.23. The first-order chi connectivity index (χ1) is 12.1. The Hall–Kier alpha value is -1.86. The summed E-state index contributed by atoms with van der Waals surface area (Å²) in [6.07, 6.45) is 1.45. The first-order valence-electron chi connectivity index (χ1n) is 8.44. The highest BCUT2D eigenvalue weighted by Gasteiger charge is 2.12. The van der Waals surface area contributed by atoms with Crippen LogP contribution in [0.5, 0.6) is 0 Å². The molecule has 0 fully saturated rings. The summed E-state index contributed by atoms with van der Waals surface area (Å²) in [5.41, 5.74) is 0. The van der Waals surface area contributed by atoms with Gasteiger partial charge in [0.15, 0.2) is 15.8 Å². The summed E-state index contributed by atoms with van der Waals surface area (Å²) >= 11 is 1.74. The second-order valence-corrected chi connectivity index (χ2v) is 8.64. The lowest BCUT2D eigenvalue weighted by Gasteiger charge is -2.11. The van der Waals surface area contributed by atoms with E-state index < -0.39 is 9.84 Å². The van der Waals surface area contributed by atoms with Gasteiger partial charge in [-0.05, 0) is 43.3 Å². The van der Waals surface area contributed by atoms with E-state index in [2.05, 4.69) is 27.1 Å². The number of sulfone groups is 1. The molecule has 2 N–H and O–H groups in total. The first-order valence-corrected chi connectivity index (χ1v) is 11.0. The van der Waals surface area contributed by atoms with Crippen LogP contribution in [0.2, 0.25) is 0 Å². The molecule has 0 radical (unpaired) electrons. The van der Waals surface area contributed by atoms with E-state index in [4.69, 9.17) is 0 Å². The van der Waals surface area contributed by atoms with E-state index in [0.29, 0.717) is 17.9 Å². The number of hydrogen-bond donors (Lipinski definition) is 2. The number of aliphatic imine (C=N–C) groups is 1. The normalized spacial score (nSPS) is 12.1. The van der Waals surface area contributed by atoms with Gasteiger partial charge in [-0.1, -0.05) is 24.3 Å². The van der Waals surface area contributed by atoms with Crippen LogP contribution in [0.3, 0.4) is 0 Å². The Balaban J connectivity index is 1.78. The molecule has 0 saturated heterocycles. The van der Waals surface area contributed by atoms with E-state index in [1.54, 1.807) is 35.6 Å². The zero-order valence-corrected chi connectivity index (χ0v) is 16.1. The molecule has 0 aliphatic heterocycles. The van der Waals surface area contributed by atoms with Crippen molar-refractivity contribution in [3.8, 4) is 0 Å². The van der Waals surface area contributed by atoms with E-state index in [9.17, 15) is 8.42 Å². The lowest BCUT2D eigenvalue weighted by Crippen LogP contribution is -2.38. The van der Waals surface area contributed by atoms with Crippen molar-refractivity contribution in [1.82, 2.24) is 10.6 Å². The molecule has 2 aromatic rings. The van der Waals surface area contributed by atoms with Crippen molar-refractivity contribution in [1.29, 1.82) is 0 Å². The first kappa shape index (κ1) is 19.5. The molecule has 25 heavy (non-hydrogen) atoms. The van der Waals surface area contributed by atoms with Crippen LogP contribution < -0.4 is 10.6 Å². The Labute approximate surface area is 154 Å². The number of thiophene rings is 1. The Morgan fingerprint density at radius 2 is 1.92 bits per heavy atom. The Kier molecular flexibility index (Phi) is 7.94. The fourth-order valence-corrected chi connectivity index (χ4v) is 4.32. The van der Waals surface area contributed by atoms with E-state index >= 15 is 0 Å². The quantitative estimate of drug-likeness (QED) is 0.399. The standard InChI is InChI=1S/C18H25N3O2S2/c1-2-19-18(21-13-11-16-8-6-14-24-16)20-12-7-15-25(22,23)17-9-4-3-5-10-17/h3-6,8-10,14H,2,7,11-13,15H2,1H3,(H2,19,20,21). The molecule has 0 saturated carbocycles. The van der Waals surface area contributed by atoms with Gasteiger partial charge in [-0.25, -0.2) is 8.42 Å². The van der Waals surface area contributed by atoms with Gasteiger partial charge in [-0.2, -0.15) is 0 Å². The largest absolute Gasteiger partial charge is 0.357 e. The number of benzene rings is 1. The maximum absolute atomic E-state index is 12.2. The molecule has 136 valence electrons. The van der Waals surface area contributed by atoms with Crippen LogP contribution in [0.25, 0.3) is 0 Å². The highest BCUT2D eigenvalue weighted by atomic mass is 32.2. The number of rotatable bonds is 9. The monoisotopic (exact) mass is 379 g/mol. The molecule has 0 atom stereocenters. The van der Waals surface area contributed by atoms with Crippen LogP contribution >= 0.6 is 11.3 Å². The maximum Gasteiger partial charge on any atom is 0.191 e. The minimum atomic E-state index is -3.23. The molecule has 1 heterocycles. The van der Waals surface area contributed by atoms with E-state index in [0.717, 1.165) is 25.5 Å². The summed E-state index contributed by atoms with van der Waals surface area (Å²) < 4.78 is 24.5. The average molecular weight is 380 g/mol. The minimum Gasteiger partial charge on any atom is -0.357 e. The third kappa shape index (κ3) is 6.88. The molecular weight excluding hydrogens is 354 g/mol. The summed E-state index contributed by atoms with van der Waals surface area (Å²) in [6, 6.07) is 12.7. The Bertz CT molecular complexity index is 742. The topological polar surface area (TPSA) is 70.6 Å². The summed E-state index contributed by atoms with van der Waals surface area (Å²) in [5.74, 6) is 0.839. The van der Waals surface area contributed by atoms with Gasteiger partial charge in [-0.15, -0.1) is 11.3 Å². The van der Waals surface area contributed by atoms with Gasteiger partial charge in [0.05, 0.1) is 10.6 Å². The third-order valence-corrected chi connectivity index (χ3v) is 6.28. The molecule has 1 aromatic carbocycles. The van der Waals surface area contributed by atoms with Gasteiger partial charge in [-0.3, -0.25) is 4.99 Å². The lowest BCUT2D eigenvalue weighted by atomic mass is 10.3. The molecule has 7 heteroatoms.